The van der Waals surface area contributed by atoms with Gasteiger partial charge in [0.1, 0.15) is 0 Å². The molecule has 1 saturated heterocycles. The SMILES string of the molecule is O=C(CN1CCCCC1=O)NCc1ccnc(OCC(F)(F)F)c1. The Morgan fingerprint density at radius 3 is 2.88 bits per heavy atom. The molecule has 6 nitrogen and oxygen atoms in total. The minimum Gasteiger partial charge on any atom is -0.468 e. The molecule has 0 unspecified atom stereocenters. The van der Waals surface area contributed by atoms with Crippen molar-refractivity contribution in [3.63, 3.8) is 0 Å². The van der Waals surface area contributed by atoms with E-state index in [9.17, 15) is 22.8 Å². The number of hydrogen-bond donors (Lipinski definition) is 1. The molecule has 0 spiro atoms. The summed E-state index contributed by atoms with van der Waals surface area (Å²) in [6, 6.07) is 2.89. The van der Waals surface area contributed by atoms with Crippen molar-refractivity contribution in [1.82, 2.24) is 15.2 Å². The van der Waals surface area contributed by atoms with Gasteiger partial charge in [0.05, 0.1) is 6.54 Å². The molecule has 0 atom stereocenters. The molecule has 1 fully saturated rings. The molecule has 1 aromatic rings. The summed E-state index contributed by atoms with van der Waals surface area (Å²) in [5.74, 6) is -0.520. The van der Waals surface area contributed by atoms with Gasteiger partial charge >= 0.3 is 6.18 Å². The number of amides is 2. The van der Waals surface area contributed by atoms with Crippen LogP contribution in [0.5, 0.6) is 5.88 Å². The molecule has 1 aliphatic rings. The molecule has 2 heterocycles. The van der Waals surface area contributed by atoms with Crippen molar-refractivity contribution in [3.8, 4) is 5.88 Å². The summed E-state index contributed by atoms with van der Waals surface area (Å²) in [6.45, 7) is -0.753. The van der Waals surface area contributed by atoms with E-state index < -0.39 is 12.8 Å². The second-order valence-electron chi connectivity index (χ2n) is 5.46. The van der Waals surface area contributed by atoms with Crippen molar-refractivity contribution >= 4 is 11.8 Å². The minimum atomic E-state index is -4.44. The third-order valence-corrected chi connectivity index (χ3v) is 3.43. The number of ether oxygens (including phenoxy) is 1. The Kier molecular flexibility index (Phi) is 5.99. The predicted octanol–water partition coefficient (Wildman–Crippen LogP) is 1.65. The third-order valence-electron chi connectivity index (χ3n) is 3.43. The van der Waals surface area contributed by atoms with E-state index in [-0.39, 0.29) is 30.8 Å². The molecule has 0 bridgehead atoms. The first-order valence-electron chi connectivity index (χ1n) is 7.52. The van der Waals surface area contributed by atoms with Crippen LogP contribution in [-0.2, 0) is 16.1 Å². The van der Waals surface area contributed by atoms with Gasteiger partial charge in [-0.2, -0.15) is 13.2 Å². The van der Waals surface area contributed by atoms with Crippen LogP contribution in [0.1, 0.15) is 24.8 Å². The van der Waals surface area contributed by atoms with E-state index in [1.807, 2.05) is 0 Å². The molecule has 2 rings (SSSR count). The van der Waals surface area contributed by atoms with Crippen molar-refractivity contribution in [1.29, 1.82) is 0 Å². The van der Waals surface area contributed by atoms with Crippen LogP contribution < -0.4 is 10.1 Å². The lowest BCUT2D eigenvalue weighted by Crippen LogP contribution is -2.42. The number of halogens is 3. The zero-order chi connectivity index (χ0) is 17.6. The molecule has 0 aromatic carbocycles. The highest BCUT2D eigenvalue weighted by molar-refractivity contribution is 5.85. The first kappa shape index (κ1) is 18.0. The summed E-state index contributed by atoms with van der Waals surface area (Å²) in [5, 5.41) is 2.63. The van der Waals surface area contributed by atoms with Gasteiger partial charge in [-0.15, -0.1) is 0 Å². The fraction of sp³-hybridized carbons (Fsp3) is 0.533. The molecule has 132 valence electrons. The number of nitrogens with one attached hydrogen (secondary N) is 1. The Balaban J connectivity index is 1.80. The summed E-state index contributed by atoms with van der Waals surface area (Å²) in [6.07, 6.45) is -0.955. The zero-order valence-corrected chi connectivity index (χ0v) is 12.9. The minimum absolute atomic E-state index is 0.0126. The van der Waals surface area contributed by atoms with Crippen LogP contribution in [0.3, 0.4) is 0 Å². The number of aromatic nitrogens is 1. The lowest BCUT2D eigenvalue weighted by Gasteiger charge is -2.25. The lowest BCUT2D eigenvalue weighted by molar-refractivity contribution is -0.154. The number of carbonyl (C=O) groups is 2. The van der Waals surface area contributed by atoms with E-state index >= 15 is 0 Å². The number of alkyl halides is 3. The highest BCUT2D eigenvalue weighted by atomic mass is 19.4. The van der Waals surface area contributed by atoms with Gasteiger partial charge in [0.15, 0.2) is 6.61 Å². The number of piperidine rings is 1. The van der Waals surface area contributed by atoms with Gasteiger partial charge in [0.2, 0.25) is 17.7 Å². The second-order valence-corrected chi connectivity index (χ2v) is 5.46. The maximum absolute atomic E-state index is 12.1. The van der Waals surface area contributed by atoms with Crippen LogP contribution in [0.4, 0.5) is 13.2 Å². The van der Waals surface area contributed by atoms with Crippen molar-refractivity contribution in [2.24, 2.45) is 0 Å². The van der Waals surface area contributed by atoms with Crippen LogP contribution in [0.25, 0.3) is 0 Å². The van der Waals surface area contributed by atoms with Gasteiger partial charge in [0.25, 0.3) is 0 Å². The lowest BCUT2D eigenvalue weighted by atomic mass is 10.1. The first-order valence-corrected chi connectivity index (χ1v) is 7.52. The van der Waals surface area contributed by atoms with Crippen LogP contribution >= 0.6 is 0 Å². The van der Waals surface area contributed by atoms with E-state index in [0.717, 1.165) is 12.8 Å². The Morgan fingerprint density at radius 1 is 1.38 bits per heavy atom. The Bertz CT molecular complexity index is 593. The highest BCUT2D eigenvalue weighted by Gasteiger charge is 2.28. The molecular weight excluding hydrogens is 327 g/mol. The number of pyridine rings is 1. The van der Waals surface area contributed by atoms with Gasteiger partial charge in [-0.3, -0.25) is 9.59 Å². The molecule has 24 heavy (non-hydrogen) atoms. The average Bonchev–Trinajstić information content (AvgIpc) is 2.53. The molecular formula is C15H18F3N3O3. The zero-order valence-electron chi connectivity index (χ0n) is 12.9. The molecule has 0 radical (unpaired) electrons. The van der Waals surface area contributed by atoms with Gasteiger partial charge in [0, 0.05) is 31.8 Å². The number of likely N-dealkylation sites (tertiary alicyclic amines) is 1. The van der Waals surface area contributed by atoms with E-state index in [4.69, 9.17) is 0 Å². The van der Waals surface area contributed by atoms with Crippen molar-refractivity contribution < 1.29 is 27.5 Å². The molecule has 0 aliphatic carbocycles. The Morgan fingerprint density at radius 2 is 2.17 bits per heavy atom. The standard InChI is InChI=1S/C15H18F3N3O3/c16-15(17,18)10-24-13-7-11(4-5-19-13)8-20-12(22)9-21-6-2-1-3-14(21)23/h4-5,7H,1-3,6,8-10H2,(H,20,22). The second kappa shape index (κ2) is 7.98. The van der Waals surface area contributed by atoms with Crippen LogP contribution in [0.15, 0.2) is 18.3 Å². The van der Waals surface area contributed by atoms with Crippen molar-refractivity contribution in [2.75, 3.05) is 19.7 Å². The topological polar surface area (TPSA) is 71.5 Å². The number of rotatable bonds is 6. The third kappa shape index (κ3) is 6.05. The van der Waals surface area contributed by atoms with Gasteiger partial charge in [-0.05, 0) is 24.5 Å². The maximum Gasteiger partial charge on any atom is 0.422 e. The number of nitrogens with zero attached hydrogens (tertiary/aromatic N) is 2. The van der Waals surface area contributed by atoms with Crippen molar-refractivity contribution in [3.05, 3.63) is 23.9 Å². The van der Waals surface area contributed by atoms with Gasteiger partial charge < -0.3 is 15.0 Å². The molecule has 1 aliphatic heterocycles. The number of carbonyl (C=O) groups excluding carboxylic acids is 2. The smallest absolute Gasteiger partial charge is 0.422 e. The Hall–Kier alpha value is -2.32. The summed E-state index contributed by atoms with van der Waals surface area (Å²) >= 11 is 0. The molecule has 9 heteroatoms. The molecule has 1 N–H and O–H groups in total. The van der Waals surface area contributed by atoms with Gasteiger partial charge in [-0.1, -0.05) is 0 Å². The molecule has 0 saturated carbocycles. The quantitative estimate of drug-likeness (QED) is 0.851. The van der Waals surface area contributed by atoms with Gasteiger partial charge in [-0.25, -0.2) is 4.98 Å². The summed E-state index contributed by atoms with van der Waals surface area (Å²) in [7, 11) is 0. The van der Waals surface area contributed by atoms with E-state index in [1.165, 1.54) is 17.2 Å². The fourth-order valence-electron chi connectivity index (χ4n) is 2.25. The maximum atomic E-state index is 12.1. The highest BCUT2D eigenvalue weighted by Crippen LogP contribution is 2.17. The number of hydrogen-bond acceptors (Lipinski definition) is 4. The van der Waals surface area contributed by atoms with E-state index in [0.29, 0.717) is 18.5 Å². The predicted molar refractivity (Wildman–Crippen MR) is 78.1 cm³/mol. The summed E-state index contributed by atoms with van der Waals surface area (Å²) in [4.78, 5) is 28.7. The summed E-state index contributed by atoms with van der Waals surface area (Å²) < 4.78 is 40.9. The monoisotopic (exact) mass is 345 g/mol. The molecule has 1 aromatic heterocycles. The van der Waals surface area contributed by atoms with Crippen LogP contribution in [-0.4, -0.2) is 47.6 Å². The van der Waals surface area contributed by atoms with Crippen LogP contribution in [0.2, 0.25) is 0 Å². The average molecular weight is 345 g/mol. The normalized spacial score (nSPS) is 15.3. The first-order chi connectivity index (χ1) is 11.3. The van der Waals surface area contributed by atoms with E-state index in [1.54, 1.807) is 6.07 Å². The largest absolute Gasteiger partial charge is 0.468 e. The summed E-state index contributed by atoms with van der Waals surface area (Å²) in [5.41, 5.74) is 0.556. The Labute approximate surface area is 137 Å². The molecule has 2 amide bonds. The fourth-order valence-corrected chi connectivity index (χ4v) is 2.25. The van der Waals surface area contributed by atoms with E-state index in [2.05, 4.69) is 15.0 Å². The van der Waals surface area contributed by atoms with Crippen molar-refractivity contribution in [2.45, 2.75) is 32.0 Å². The van der Waals surface area contributed by atoms with Crippen LogP contribution in [0, 0.1) is 0 Å².